The lowest BCUT2D eigenvalue weighted by molar-refractivity contribution is 0.0764. The van der Waals surface area contributed by atoms with Gasteiger partial charge >= 0.3 is 0 Å². The monoisotopic (exact) mass is 372 g/mol. The fraction of sp³-hybridized carbons (Fsp3) is 0.350. The Morgan fingerprint density at radius 1 is 0.923 bits per heavy atom. The van der Waals surface area contributed by atoms with E-state index >= 15 is 0 Å². The van der Waals surface area contributed by atoms with Gasteiger partial charge in [-0.05, 0) is 36.6 Å². The molecule has 0 radical (unpaired) electrons. The lowest BCUT2D eigenvalue weighted by Crippen LogP contribution is -2.37. The van der Waals surface area contributed by atoms with E-state index in [1.54, 1.807) is 17.0 Å². The Kier molecular flexibility index (Phi) is 5.74. The van der Waals surface area contributed by atoms with Gasteiger partial charge in [-0.2, -0.15) is 4.31 Å². The minimum atomic E-state index is -3.40. The molecule has 0 saturated carbocycles. The van der Waals surface area contributed by atoms with E-state index in [1.165, 1.54) is 4.31 Å². The summed E-state index contributed by atoms with van der Waals surface area (Å²) in [5.41, 5.74) is 2.45. The highest BCUT2D eigenvalue weighted by Crippen LogP contribution is 2.17. The van der Waals surface area contributed by atoms with Crippen molar-refractivity contribution < 1.29 is 13.2 Å². The zero-order chi connectivity index (χ0) is 18.6. The molecule has 0 aromatic heterocycles. The molecule has 26 heavy (non-hydrogen) atoms. The average Bonchev–Trinajstić information content (AvgIpc) is 2.90. The number of nitrogens with zero attached hydrogens (tertiary/aromatic N) is 2. The Hall–Kier alpha value is -2.18. The van der Waals surface area contributed by atoms with Crippen LogP contribution in [0.5, 0.6) is 0 Å². The maximum atomic E-state index is 12.8. The Bertz CT molecular complexity index is 866. The Balaban J connectivity index is 1.68. The van der Waals surface area contributed by atoms with Gasteiger partial charge in [0.1, 0.15) is 0 Å². The summed E-state index contributed by atoms with van der Waals surface area (Å²) in [6.07, 6.45) is 0.644. The molecule has 0 N–H and O–H groups in total. The van der Waals surface area contributed by atoms with Gasteiger partial charge < -0.3 is 4.90 Å². The van der Waals surface area contributed by atoms with E-state index in [1.807, 2.05) is 49.4 Å². The van der Waals surface area contributed by atoms with E-state index in [2.05, 4.69) is 0 Å². The van der Waals surface area contributed by atoms with Crippen molar-refractivity contribution in [3.63, 3.8) is 0 Å². The topological polar surface area (TPSA) is 57.7 Å². The molecule has 0 spiro atoms. The lowest BCUT2D eigenvalue weighted by Gasteiger charge is -2.22. The molecule has 0 bridgehead atoms. The van der Waals surface area contributed by atoms with Crippen LogP contribution in [0, 0.1) is 6.92 Å². The summed E-state index contributed by atoms with van der Waals surface area (Å²) in [4.78, 5) is 14.4. The minimum absolute atomic E-state index is 0.00625. The summed E-state index contributed by atoms with van der Waals surface area (Å²) in [6, 6.07) is 16.7. The molecule has 0 atom stereocenters. The fourth-order valence-corrected chi connectivity index (χ4v) is 4.86. The number of hydrogen-bond donors (Lipinski definition) is 0. The molecule has 2 aromatic carbocycles. The molecule has 1 amide bonds. The van der Waals surface area contributed by atoms with Gasteiger partial charge in [0.05, 0.1) is 5.75 Å². The largest absolute Gasteiger partial charge is 0.337 e. The van der Waals surface area contributed by atoms with Crippen molar-refractivity contribution in [1.29, 1.82) is 0 Å². The smallest absolute Gasteiger partial charge is 0.253 e. The summed E-state index contributed by atoms with van der Waals surface area (Å²) in [5.74, 6) is -0.0319. The number of benzene rings is 2. The zero-order valence-electron chi connectivity index (χ0n) is 15.0. The van der Waals surface area contributed by atoms with Crippen LogP contribution in [0.3, 0.4) is 0 Å². The number of rotatable bonds is 4. The number of carbonyl (C=O) groups excluding carboxylic acids is 1. The van der Waals surface area contributed by atoms with Crippen LogP contribution >= 0.6 is 0 Å². The third-order valence-electron chi connectivity index (χ3n) is 4.76. The highest BCUT2D eigenvalue weighted by atomic mass is 32.2. The molecule has 2 aromatic rings. The number of hydrogen-bond acceptors (Lipinski definition) is 3. The van der Waals surface area contributed by atoms with E-state index in [-0.39, 0.29) is 11.7 Å². The van der Waals surface area contributed by atoms with Crippen molar-refractivity contribution in [2.24, 2.45) is 0 Å². The fourth-order valence-electron chi connectivity index (χ4n) is 3.20. The molecule has 1 fully saturated rings. The second-order valence-electron chi connectivity index (χ2n) is 6.59. The van der Waals surface area contributed by atoms with E-state index < -0.39 is 10.0 Å². The summed E-state index contributed by atoms with van der Waals surface area (Å²) in [7, 11) is -3.40. The molecule has 1 aliphatic rings. The van der Waals surface area contributed by atoms with Crippen LogP contribution < -0.4 is 0 Å². The summed E-state index contributed by atoms with van der Waals surface area (Å²) in [6.45, 7) is 3.71. The van der Waals surface area contributed by atoms with Crippen LogP contribution in [0.15, 0.2) is 54.6 Å². The number of sulfonamides is 1. The van der Waals surface area contributed by atoms with Crippen LogP contribution in [0.25, 0.3) is 0 Å². The maximum Gasteiger partial charge on any atom is 0.253 e. The van der Waals surface area contributed by atoms with Crippen molar-refractivity contribution in [1.82, 2.24) is 9.21 Å². The van der Waals surface area contributed by atoms with Crippen molar-refractivity contribution in [3.05, 3.63) is 71.3 Å². The third-order valence-corrected chi connectivity index (χ3v) is 6.58. The van der Waals surface area contributed by atoms with Gasteiger partial charge in [0.2, 0.25) is 10.0 Å². The standard InChI is InChI=1S/C20H24N2O3S/c1-17-8-5-6-11-19(17)16-26(24,25)22-13-7-12-21(14-15-22)20(23)18-9-3-2-4-10-18/h2-6,8-11H,7,12-16H2,1H3. The minimum Gasteiger partial charge on any atom is -0.337 e. The van der Waals surface area contributed by atoms with E-state index in [4.69, 9.17) is 0 Å². The number of carbonyl (C=O) groups is 1. The third kappa shape index (κ3) is 4.31. The van der Waals surface area contributed by atoms with Crippen molar-refractivity contribution >= 4 is 15.9 Å². The second-order valence-corrected chi connectivity index (χ2v) is 8.56. The van der Waals surface area contributed by atoms with E-state index in [0.29, 0.717) is 38.2 Å². The predicted molar refractivity (Wildman–Crippen MR) is 102 cm³/mol. The second kappa shape index (κ2) is 8.01. The molecule has 3 rings (SSSR count). The van der Waals surface area contributed by atoms with Gasteiger partial charge in [-0.1, -0.05) is 42.5 Å². The molecular formula is C20H24N2O3S. The Morgan fingerprint density at radius 3 is 2.35 bits per heavy atom. The lowest BCUT2D eigenvalue weighted by atomic mass is 10.1. The maximum absolute atomic E-state index is 12.8. The van der Waals surface area contributed by atoms with Crippen LogP contribution in [-0.2, 0) is 15.8 Å². The van der Waals surface area contributed by atoms with E-state index in [9.17, 15) is 13.2 Å². The molecule has 1 saturated heterocycles. The zero-order valence-corrected chi connectivity index (χ0v) is 15.8. The molecule has 5 nitrogen and oxygen atoms in total. The van der Waals surface area contributed by atoms with Gasteiger partial charge in [-0.3, -0.25) is 4.79 Å². The summed E-state index contributed by atoms with van der Waals surface area (Å²) >= 11 is 0. The first-order chi connectivity index (χ1) is 12.5. The molecule has 0 aliphatic carbocycles. The van der Waals surface area contributed by atoms with Crippen LogP contribution in [0.2, 0.25) is 0 Å². The van der Waals surface area contributed by atoms with Gasteiger partial charge in [0, 0.05) is 31.7 Å². The first-order valence-electron chi connectivity index (χ1n) is 8.84. The first-order valence-corrected chi connectivity index (χ1v) is 10.4. The molecule has 1 heterocycles. The molecular weight excluding hydrogens is 348 g/mol. The van der Waals surface area contributed by atoms with Gasteiger partial charge in [-0.25, -0.2) is 8.42 Å². The van der Waals surface area contributed by atoms with Crippen molar-refractivity contribution in [2.75, 3.05) is 26.2 Å². The number of aryl methyl sites for hydroxylation is 1. The average molecular weight is 372 g/mol. The highest BCUT2D eigenvalue weighted by Gasteiger charge is 2.27. The Labute approximate surface area is 155 Å². The Morgan fingerprint density at radius 2 is 1.62 bits per heavy atom. The highest BCUT2D eigenvalue weighted by molar-refractivity contribution is 7.88. The number of amides is 1. The SMILES string of the molecule is Cc1ccccc1CS(=O)(=O)N1CCCN(C(=O)c2ccccc2)CC1. The molecule has 1 aliphatic heterocycles. The normalized spacial score (nSPS) is 16.3. The van der Waals surface area contributed by atoms with Crippen LogP contribution in [0.4, 0.5) is 0 Å². The molecule has 138 valence electrons. The van der Waals surface area contributed by atoms with E-state index in [0.717, 1.165) is 11.1 Å². The molecule has 0 unspecified atom stereocenters. The van der Waals surface area contributed by atoms with Gasteiger partial charge in [0.25, 0.3) is 5.91 Å². The molecule has 6 heteroatoms. The first kappa shape index (κ1) is 18.6. The predicted octanol–water partition coefficient (Wildman–Crippen LogP) is 2.67. The van der Waals surface area contributed by atoms with Crippen LogP contribution in [-0.4, -0.2) is 49.7 Å². The van der Waals surface area contributed by atoms with Crippen molar-refractivity contribution in [2.45, 2.75) is 19.1 Å². The quantitative estimate of drug-likeness (QED) is 0.829. The summed E-state index contributed by atoms with van der Waals surface area (Å²) < 4.78 is 27.2. The van der Waals surface area contributed by atoms with Gasteiger partial charge in [0.15, 0.2) is 0 Å². The summed E-state index contributed by atoms with van der Waals surface area (Å²) in [5, 5.41) is 0. The van der Waals surface area contributed by atoms with Crippen LogP contribution in [0.1, 0.15) is 27.9 Å². The van der Waals surface area contributed by atoms with Crippen molar-refractivity contribution in [3.8, 4) is 0 Å². The van der Waals surface area contributed by atoms with Gasteiger partial charge in [-0.15, -0.1) is 0 Å².